The zero-order chi connectivity index (χ0) is 17.0. The quantitative estimate of drug-likeness (QED) is 0.851. The van der Waals surface area contributed by atoms with Gasteiger partial charge in [-0.3, -0.25) is 4.72 Å². The molecule has 0 aliphatic rings. The summed E-state index contributed by atoms with van der Waals surface area (Å²) in [5, 5.41) is 0. The van der Waals surface area contributed by atoms with Crippen LogP contribution in [0.3, 0.4) is 0 Å². The van der Waals surface area contributed by atoms with Gasteiger partial charge in [0.1, 0.15) is 5.82 Å². The lowest BCUT2D eigenvalue weighted by atomic mass is 10.2. The number of rotatable bonds is 5. The van der Waals surface area contributed by atoms with Crippen LogP contribution in [-0.4, -0.2) is 21.0 Å². The standard InChI is InChI=1S/C16H16FNO4S/c1-3-22-16(19)12-5-8-14(9-6-12)23(20,21)18-15-10-13(17)7-4-11(15)2/h4-10,18H,3H2,1-2H3. The molecule has 5 nitrogen and oxygen atoms in total. The van der Waals surface area contributed by atoms with E-state index in [1.54, 1.807) is 13.8 Å². The van der Waals surface area contributed by atoms with Gasteiger partial charge in [0, 0.05) is 0 Å². The van der Waals surface area contributed by atoms with E-state index in [4.69, 9.17) is 4.74 Å². The molecule has 0 saturated heterocycles. The molecule has 0 aliphatic heterocycles. The maximum absolute atomic E-state index is 13.3. The Morgan fingerprint density at radius 2 is 1.83 bits per heavy atom. The summed E-state index contributed by atoms with van der Waals surface area (Å²) in [4.78, 5) is 11.5. The number of halogens is 1. The highest BCUT2D eigenvalue weighted by Crippen LogP contribution is 2.21. The fraction of sp³-hybridized carbons (Fsp3) is 0.188. The second kappa shape index (κ2) is 6.78. The number of carbonyl (C=O) groups excluding carboxylic acids is 1. The Labute approximate surface area is 134 Å². The van der Waals surface area contributed by atoms with Crippen LogP contribution in [0.1, 0.15) is 22.8 Å². The third-order valence-electron chi connectivity index (χ3n) is 3.12. The van der Waals surface area contributed by atoms with Gasteiger partial charge in [-0.25, -0.2) is 17.6 Å². The number of nitrogens with one attached hydrogen (secondary N) is 1. The topological polar surface area (TPSA) is 72.5 Å². The average molecular weight is 337 g/mol. The normalized spacial score (nSPS) is 11.1. The van der Waals surface area contributed by atoms with Gasteiger partial charge in [-0.2, -0.15) is 0 Å². The van der Waals surface area contributed by atoms with E-state index in [1.165, 1.54) is 36.4 Å². The zero-order valence-corrected chi connectivity index (χ0v) is 13.5. The molecule has 0 fully saturated rings. The molecule has 2 rings (SSSR count). The predicted octanol–water partition coefficient (Wildman–Crippen LogP) is 3.11. The van der Waals surface area contributed by atoms with E-state index in [9.17, 15) is 17.6 Å². The average Bonchev–Trinajstić information content (AvgIpc) is 2.51. The zero-order valence-electron chi connectivity index (χ0n) is 12.7. The number of aryl methyl sites for hydroxylation is 1. The highest BCUT2D eigenvalue weighted by Gasteiger charge is 2.16. The third kappa shape index (κ3) is 4.07. The van der Waals surface area contributed by atoms with Crippen molar-refractivity contribution in [1.29, 1.82) is 0 Å². The van der Waals surface area contributed by atoms with Crippen LogP contribution >= 0.6 is 0 Å². The number of benzene rings is 2. The number of esters is 1. The van der Waals surface area contributed by atoms with Crippen molar-refractivity contribution in [3.8, 4) is 0 Å². The van der Waals surface area contributed by atoms with Crippen LogP contribution < -0.4 is 4.72 Å². The first-order valence-corrected chi connectivity index (χ1v) is 8.38. The van der Waals surface area contributed by atoms with Crippen molar-refractivity contribution in [3.63, 3.8) is 0 Å². The molecule has 0 atom stereocenters. The lowest BCUT2D eigenvalue weighted by Gasteiger charge is -2.11. The molecular formula is C16H16FNO4S. The summed E-state index contributed by atoms with van der Waals surface area (Å²) in [6.45, 7) is 3.59. The van der Waals surface area contributed by atoms with Gasteiger partial charge in [0.15, 0.2) is 0 Å². The molecule has 7 heteroatoms. The molecule has 23 heavy (non-hydrogen) atoms. The molecule has 1 N–H and O–H groups in total. The van der Waals surface area contributed by atoms with E-state index < -0.39 is 21.8 Å². The summed E-state index contributed by atoms with van der Waals surface area (Å²) < 4.78 is 45.1. The van der Waals surface area contributed by atoms with Crippen molar-refractivity contribution in [1.82, 2.24) is 0 Å². The molecule has 122 valence electrons. The van der Waals surface area contributed by atoms with Crippen LogP contribution in [0.2, 0.25) is 0 Å². The van der Waals surface area contributed by atoms with Gasteiger partial charge >= 0.3 is 5.97 Å². The van der Waals surface area contributed by atoms with Crippen molar-refractivity contribution in [3.05, 3.63) is 59.4 Å². The second-order valence-corrected chi connectivity index (χ2v) is 6.49. The van der Waals surface area contributed by atoms with E-state index in [-0.39, 0.29) is 22.8 Å². The smallest absolute Gasteiger partial charge is 0.338 e. The molecule has 0 heterocycles. The van der Waals surface area contributed by atoms with Gasteiger partial charge in [-0.05, 0) is 55.8 Å². The van der Waals surface area contributed by atoms with Gasteiger partial charge in [-0.15, -0.1) is 0 Å². The maximum atomic E-state index is 13.3. The minimum absolute atomic E-state index is 0.0331. The SMILES string of the molecule is CCOC(=O)c1ccc(S(=O)(=O)Nc2cc(F)ccc2C)cc1. The van der Waals surface area contributed by atoms with Gasteiger partial charge < -0.3 is 4.74 Å². The molecule has 0 spiro atoms. The number of ether oxygens (including phenoxy) is 1. The lowest BCUT2D eigenvalue weighted by Crippen LogP contribution is -2.14. The molecule has 2 aromatic carbocycles. The molecule has 0 unspecified atom stereocenters. The van der Waals surface area contributed by atoms with Crippen molar-refractivity contribution < 1.29 is 22.3 Å². The monoisotopic (exact) mass is 337 g/mol. The van der Waals surface area contributed by atoms with Crippen LogP contribution in [-0.2, 0) is 14.8 Å². The second-order valence-electron chi connectivity index (χ2n) is 4.81. The fourth-order valence-electron chi connectivity index (χ4n) is 1.89. The van der Waals surface area contributed by atoms with Crippen LogP contribution in [0.15, 0.2) is 47.4 Å². The number of hydrogen-bond acceptors (Lipinski definition) is 4. The highest BCUT2D eigenvalue weighted by molar-refractivity contribution is 7.92. The Morgan fingerprint density at radius 1 is 1.17 bits per heavy atom. The number of hydrogen-bond donors (Lipinski definition) is 1. The minimum Gasteiger partial charge on any atom is -0.462 e. The third-order valence-corrected chi connectivity index (χ3v) is 4.50. The summed E-state index contributed by atoms with van der Waals surface area (Å²) in [7, 11) is -3.88. The Kier molecular flexibility index (Phi) is 5.00. The van der Waals surface area contributed by atoms with E-state index in [2.05, 4.69) is 4.72 Å². The molecule has 0 radical (unpaired) electrons. The van der Waals surface area contributed by atoms with E-state index in [1.807, 2.05) is 0 Å². The summed E-state index contributed by atoms with van der Waals surface area (Å²) in [6.07, 6.45) is 0. The molecule has 0 bridgehead atoms. The van der Waals surface area contributed by atoms with Gasteiger partial charge in [0.2, 0.25) is 0 Å². The molecular weight excluding hydrogens is 321 g/mol. The number of sulfonamides is 1. The Morgan fingerprint density at radius 3 is 2.43 bits per heavy atom. The molecule has 0 aromatic heterocycles. The van der Waals surface area contributed by atoms with Crippen molar-refractivity contribution >= 4 is 21.7 Å². The van der Waals surface area contributed by atoms with Gasteiger partial charge in [0.05, 0.1) is 22.8 Å². The Bertz CT molecular complexity index is 816. The summed E-state index contributed by atoms with van der Waals surface area (Å²) in [5.74, 6) is -1.06. The first kappa shape index (κ1) is 17.0. The molecule has 0 saturated carbocycles. The van der Waals surface area contributed by atoms with Gasteiger partial charge in [0.25, 0.3) is 10.0 Å². The van der Waals surface area contributed by atoms with Crippen molar-refractivity contribution in [2.45, 2.75) is 18.7 Å². The summed E-state index contributed by atoms with van der Waals surface area (Å²) in [6, 6.07) is 9.17. The molecule has 2 aromatic rings. The lowest BCUT2D eigenvalue weighted by molar-refractivity contribution is 0.0526. The van der Waals surface area contributed by atoms with Crippen LogP contribution in [0.25, 0.3) is 0 Å². The van der Waals surface area contributed by atoms with Crippen molar-refractivity contribution in [2.75, 3.05) is 11.3 Å². The first-order valence-electron chi connectivity index (χ1n) is 6.89. The van der Waals surface area contributed by atoms with Crippen LogP contribution in [0.4, 0.5) is 10.1 Å². The molecule has 0 aliphatic carbocycles. The predicted molar refractivity (Wildman–Crippen MR) is 84.3 cm³/mol. The molecule has 0 amide bonds. The maximum Gasteiger partial charge on any atom is 0.338 e. The summed E-state index contributed by atoms with van der Waals surface area (Å²) in [5.41, 5.74) is 1.02. The van der Waals surface area contributed by atoms with Crippen LogP contribution in [0.5, 0.6) is 0 Å². The van der Waals surface area contributed by atoms with E-state index in [0.717, 1.165) is 6.07 Å². The number of carbonyl (C=O) groups is 1. The fourth-order valence-corrected chi connectivity index (χ4v) is 3.01. The first-order chi connectivity index (χ1) is 10.8. The van der Waals surface area contributed by atoms with Gasteiger partial charge in [-0.1, -0.05) is 6.07 Å². The van der Waals surface area contributed by atoms with E-state index in [0.29, 0.717) is 5.56 Å². The number of anilines is 1. The Balaban J connectivity index is 2.26. The van der Waals surface area contributed by atoms with E-state index >= 15 is 0 Å². The summed E-state index contributed by atoms with van der Waals surface area (Å²) >= 11 is 0. The minimum atomic E-state index is -3.88. The van der Waals surface area contributed by atoms with Crippen LogP contribution in [0, 0.1) is 12.7 Å². The Hall–Kier alpha value is -2.41. The highest BCUT2D eigenvalue weighted by atomic mass is 32.2. The largest absolute Gasteiger partial charge is 0.462 e. The van der Waals surface area contributed by atoms with Crippen molar-refractivity contribution in [2.24, 2.45) is 0 Å².